The predicted octanol–water partition coefficient (Wildman–Crippen LogP) is 3.01. The highest BCUT2D eigenvalue weighted by molar-refractivity contribution is 6.10. The third kappa shape index (κ3) is 3.30. The molecule has 0 aromatic heterocycles. The largest absolute Gasteiger partial charge is 0.325 e. The van der Waals surface area contributed by atoms with Crippen LogP contribution < -0.4 is 10.6 Å². The summed E-state index contributed by atoms with van der Waals surface area (Å²) in [4.78, 5) is 38.0. The van der Waals surface area contributed by atoms with E-state index in [1.807, 2.05) is 42.5 Å². The molecule has 2 fully saturated rings. The second-order valence-electron chi connectivity index (χ2n) is 7.29. The standard InChI is InChI=1S/C21H21N3O3/c1-21(16-9-10-16)19(26)24(20(27)23-21)13-18(25)22-17-11-7-15(8-12-17)14-5-3-2-4-6-14/h2-8,11-12,16H,9-10,13H2,1H3,(H,22,25)(H,23,27). The number of nitrogens with one attached hydrogen (secondary N) is 2. The van der Waals surface area contributed by atoms with Gasteiger partial charge in [0.2, 0.25) is 5.91 Å². The van der Waals surface area contributed by atoms with E-state index >= 15 is 0 Å². The van der Waals surface area contributed by atoms with Crippen LogP contribution in [0.2, 0.25) is 0 Å². The molecule has 1 saturated heterocycles. The fourth-order valence-electron chi connectivity index (χ4n) is 3.52. The second kappa shape index (κ2) is 6.54. The summed E-state index contributed by atoms with van der Waals surface area (Å²) in [6.45, 7) is 1.46. The monoisotopic (exact) mass is 363 g/mol. The minimum atomic E-state index is -0.866. The molecular weight excluding hydrogens is 342 g/mol. The molecule has 1 heterocycles. The van der Waals surface area contributed by atoms with Gasteiger partial charge in [0.05, 0.1) is 0 Å². The van der Waals surface area contributed by atoms with E-state index in [4.69, 9.17) is 0 Å². The molecule has 0 bridgehead atoms. The molecule has 138 valence electrons. The number of carbonyl (C=O) groups excluding carboxylic acids is 3. The number of imide groups is 1. The summed E-state index contributed by atoms with van der Waals surface area (Å²) >= 11 is 0. The maximum atomic E-state index is 12.6. The van der Waals surface area contributed by atoms with Crippen LogP contribution in [-0.4, -0.2) is 34.8 Å². The van der Waals surface area contributed by atoms with Crippen molar-refractivity contribution in [2.75, 3.05) is 11.9 Å². The summed E-state index contributed by atoms with van der Waals surface area (Å²) in [5.41, 5.74) is 1.89. The number of anilines is 1. The molecule has 27 heavy (non-hydrogen) atoms. The van der Waals surface area contributed by atoms with Gasteiger partial charge >= 0.3 is 6.03 Å². The van der Waals surface area contributed by atoms with Gasteiger partial charge in [0.1, 0.15) is 12.1 Å². The van der Waals surface area contributed by atoms with Gasteiger partial charge < -0.3 is 10.6 Å². The Morgan fingerprint density at radius 2 is 1.70 bits per heavy atom. The fourth-order valence-corrected chi connectivity index (χ4v) is 3.52. The van der Waals surface area contributed by atoms with Crippen LogP contribution in [0.5, 0.6) is 0 Å². The molecule has 1 atom stereocenters. The molecule has 0 spiro atoms. The van der Waals surface area contributed by atoms with Gasteiger partial charge in [0.15, 0.2) is 0 Å². The lowest BCUT2D eigenvalue weighted by Gasteiger charge is -2.20. The van der Waals surface area contributed by atoms with Gasteiger partial charge in [0, 0.05) is 5.69 Å². The van der Waals surface area contributed by atoms with Gasteiger partial charge in [0.25, 0.3) is 5.91 Å². The zero-order valence-electron chi connectivity index (χ0n) is 15.1. The van der Waals surface area contributed by atoms with Crippen molar-refractivity contribution in [3.63, 3.8) is 0 Å². The number of hydrogen-bond donors (Lipinski definition) is 2. The molecule has 2 aliphatic rings. The van der Waals surface area contributed by atoms with E-state index in [9.17, 15) is 14.4 Å². The van der Waals surface area contributed by atoms with Gasteiger partial charge in [-0.1, -0.05) is 42.5 Å². The maximum absolute atomic E-state index is 12.6. The minimum absolute atomic E-state index is 0.174. The van der Waals surface area contributed by atoms with E-state index in [1.165, 1.54) is 0 Å². The van der Waals surface area contributed by atoms with Crippen molar-refractivity contribution in [3.8, 4) is 11.1 Å². The van der Waals surface area contributed by atoms with Gasteiger partial charge in [-0.25, -0.2) is 4.79 Å². The van der Waals surface area contributed by atoms with E-state index < -0.39 is 17.5 Å². The van der Waals surface area contributed by atoms with E-state index in [2.05, 4.69) is 10.6 Å². The quantitative estimate of drug-likeness (QED) is 0.802. The summed E-state index contributed by atoms with van der Waals surface area (Å²) < 4.78 is 0. The molecule has 4 rings (SSSR count). The molecule has 4 amide bonds. The lowest BCUT2D eigenvalue weighted by molar-refractivity contribution is -0.134. The third-order valence-electron chi connectivity index (χ3n) is 5.27. The number of benzene rings is 2. The van der Waals surface area contributed by atoms with Crippen LogP contribution in [0.3, 0.4) is 0 Å². The average Bonchev–Trinajstić information content (AvgIpc) is 3.49. The van der Waals surface area contributed by atoms with Gasteiger partial charge in [-0.3, -0.25) is 14.5 Å². The van der Waals surface area contributed by atoms with Gasteiger partial charge in [-0.15, -0.1) is 0 Å². The summed E-state index contributed by atoms with van der Waals surface area (Å²) in [5.74, 6) is -0.539. The van der Waals surface area contributed by atoms with Gasteiger partial charge in [-0.05, 0) is 48.9 Å². The summed E-state index contributed by atoms with van der Waals surface area (Å²) in [7, 11) is 0. The molecular formula is C21H21N3O3. The highest BCUT2D eigenvalue weighted by Crippen LogP contribution is 2.42. The molecule has 2 aromatic rings. The Morgan fingerprint density at radius 3 is 2.33 bits per heavy atom. The van der Waals surface area contributed by atoms with Crippen molar-refractivity contribution in [2.45, 2.75) is 25.3 Å². The topological polar surface area (TPSA) is 78.5 Å². The number of nitrogens with zero attached hydrogens (tertiary/aromatic N) is 1. The molecule has 1 aliphatic heterocycles. The Hall–Kier alpha value is -3.15. The molecule has 6 nitrogen and oxygen atoms in total. The average molecular weight is 363 g/mol. The first-order valence-electron chi connectivity index (χ1n) is 9.07. The van der Waals surface area contributed by atoms with Gasteiger partial charge in [-0.2, -0.15) is 0 Å². The van der Waals surface area contributed by atoms with Crippen LogP contribution in [0.4, 0.5) is 10.5 Å². The van der Waals surface area contributed by atoms with Crippen molar-refractivity contribution in [1.29, 1.82) is 0 Å². The minimum Gasteiger partial charge on any atom is -0.325 e. The first-order chi connectivity index (χ1) is 13.0. The third-order valence-corrected chi connectivity index (χ3v) is 5.27. The van der Waals surface area contributed by atoms with Crippen molar-refractivity contribution in [2.24, 2.45) is 5.92 Å². The normalized spacial score (nSPS) is 21.9. The molecule has 6 heteroatoms. The predicted molar refractivity (Wildman–Crippen MR) is 102 cm³/mol. The Labute approximate surface area is 157 Å². The smallest absolute Gasteiger partial charge is 0.325 e. The highest BCUT2D eigenvalue weighted by Gasteiger charge is 2.56. The Bertz CT molecular complexity index is 891. The highest BCUT2D eigenvalue weighted by atomic mass is 16.2. The van der Waals surface area contributed by atoms with Crippen LogP contribution in [0.25, 0.3) is 11.1 Å². The zero-order valence-corrected chi connectivity index (χ0v) is 15.1. The molecule has 1 unspecified atom stereocenters. The first kappa shape index (κ1) is 17.3. The number of carbonyl (C=O) groups is 3. The Morgan fingerprint density at radius 1 is 1.07 bits per heavy atom. The lowest BCUT2D eigenvalue weighted by Crippen LogP contribution is -2.46. The maximum Gasteiger partial charge on any atom is 0.325 e. The molecule has 1 aliphatic carbocycles. The van der Waals surface area contributed by atoms with E-state index in [-0.39, 0.29) is 18.4 Å². The molecule has 0 radical (unpaired) electrons. The number of hydrogen-bond acceptors (Lipinski definition) is 3. The summed E-state index contributed by atoms with van der Waals surface area (Å²) in [6.07, 6.45) is 1.85. The molecule has 2 N–H and O–H groups in total. The van der Waals surface area contributed by atoms with Crippen molar-refractivity contribution in [3.05, 3.63) is 54.6 Å². The van der Waals surface area contributed by atoms with E-state index in [0.717, 1.165) is 28.9 Å². The number of urea groups is 1. The van der Waals surface area contributed by atoms with E-state index in [0.29, 0.717) is 5.69 Å². The van der Waals surface area contributed by atoms with Crippen LogP contribution in [-0.2, 0) is 9.59 Å². The lowest BCUT2D eigenvalue weighted by atomic mass is 9.96. The van der Waals surface area contributed by atoms with Crippen LogP contribution in [0, 0.1) is 5.92 Å². The second-order valence-corrected chi connectivity index (χ2v) is 7.29. The Balaban J connectivity index is 1.39. The van der Waals surface area contributed by atoms with Crippen LogP contribution in [0.1, 0.15) is 19.8 Å². The first-order valence-corrected chi connectivity index (χ1v) is 9.07. The van der Waals surface area contributed by atoms with E-state index in [1.54, 1.807) is 19.1 Å². The number of amides is 4. The van der Waals surface area contributed by atoms with Crippen molar-refractivity contribution in [1.82, 2.24) is 10.2 Å². The summed E-state index contributed by atoms with van der Waals surface area (Å²) in [5, 5.41) is 5.49. The number of rotatable bonds is 5. The molecule has 1 saturated carbocycles. The summed E-state index contributed by atoms with van der Waals surface area (Å²) in [6, 6.07) is 16.9. The zero-order chi connectivity index (χ0) is 19.0. The van der Waals surface area contributed by atoms with Crippen molar-refractivity contribution < 1.29 is 14.4 Å². The fraction of sp³-hybridized carbons (Fsp3) is 0.286. The SMILES string of the molecule is CC1(C2CC2)NC(=O)N(CC(=O)Nc2ccc(-c3ccccc3)cc2)C1=O. The van der Waals surface area contributed by atoms with Crippen LogP contribution >= 0.6 is 0 Å². The molecule has 2 aromatic carbocycles. The van der Waals surface area contributed by atoms with Crippen LogP contribution in [0.15, 0.2) is 54.6 Å². The van der Waals surface area contributed by atoms with Crippen molar-refractivity contribution >= 4 is 23.5 Å². The Kier molecular flexibility index (Phi) is 4.18.